The van der Waals surface area contributed by atoms with Crippen LogP contribution in [0.15, 0.2) is 42.6 Å². The van der Waals surface area contributed by atoms with Crippen molar-refractivity contribution in [1.82, 2.24) is 9.97 Å². The molecule has 1 atom stereocenters. The van der Waals surface area contributed by atoms with Gasteiger partial charge >= 0.3 is 0 Å². The third kappa shape index (κ3) is 3.45. The Morgan fingerprint density at radius 1 is 1.36 bits per heavy atom. The molecule has 2 aromatic carbocycles. The molecule has 6 heteroatoms. The quantitative estimate of drug-likeness (QED) is 0.566. The minimum atomic E-state index is 0.150. The number of hydrogen-bond acceptors (Lipinski definition) is 5. The standard InChI is InChI=1S/C22H24N4O2/c1-2-7-27-18-4-6-21-15(9-18)8-16(13-28-21)22-25-19-5-3-14(10-20(19)26-22)17(11-23)12-24/h3-6,9-12,16,23H,2,7-8,13,24H2,1H3,(H,25,26)/b17-12+,23-11?. The summed E-state index contributed by atoms with van der Waals surface area (Å²) in [5.74, 6) is 2.86. The maximum Gasteiger partial charge on any atom is 0.122 e. The molecule has 3 aromatic rings. The average Bonchev–Trinajstić information content (AvgIpc) is 3.16. The van der Waals surface area contributed by atoms with E-state index in [1.54, 1.807) is 0 Å². The van der Waals surface area contributed by atoms with Crippen molar-refractivity contribution in [3.05, 3.63) is 59.5 Å². The Balaban J connectivity index is 1.59. The van der Waals surface area contributed by atoms with E-state index in [-0.39, 0.29) is 5.92 Å². The van der Waals surface area contributed by atoms with Crippen molar-refractivity contribution in [2.24, 2.45) is 5.73 Å². The Bertz CT molecular complexity index is 1040. The highest BCUT2D eigenvalue weighted by molar-refractivity contribution is 6.08. The fraction of sp³-hybridized carbons (Fsp3) is 0.273. The van der Waals surface area contributed by atoms with Crippen LogP contribution in [0.4, 0.5) is 0 Å². The third-order valence-electron chi connectivity index (χ3n) is 4.97. The van der Waals surface area contributed by atoms with Crippen molar-refractivity contribution in [2.75, 3.05) is 13.2 Å². The molecule has 28 heavy (non-hydrogen) atoms. The fourth-order valence-electron chi connectivity index (χ4n) is 3.49. The summed E-state index contributed by atoms with van der Waals surface area (Å²) in [5, 5.41) is 7.47. The van der Waals surface area contributed by atoms with Gasteiger partial charge in [-0.05, 0) is 54.3 Å². The van der Waals surface area contributed by atoms with E-state index in [9.17, 15) is 0 Å². The van der Waals surface area contributed by atoms with Gasteiger partial charge in [0.05, 0.1) is 30.2 Å². The minimum absolute atomic E-state index is 0.150. The average molecular weight is 376 g/mol. The molecular weight excluding hydrogens is 352 g/mol. The van der Waals surface area contributed by atoms with Crippen molar-refractivity contribution in [3.63, 3.8) is 0 Å². The zero-order valence-electron chi connectivity index (χ0n) is 15.9. The van der Waals surface area contributed by atoms with Crippen LogP contribution < -0.4 is 15.2 Å². The first kappa shape index (κ1) is 18.1. The van der Waals surface area contributed by atoms with E-state index in [0.717, 1.165) is 52.3 Å². The zero-order chi connectivity index (χ0) is 19.5. The summed E-state index contributed by atoms with van der Waals surface area (Å²) in [4.78, 5) is 8.18. The SMILES string of the molecule is CCCOc1ccc2c(c1)CC(c1nc3ccc(/C(C=N)=C/N)cc3[nH]1)CO2. The maximum absolute atomic E-state index is 7.47. The molecule has 4 N–H and O–H groups in total. The van der Waals surface area contributed by atoms with Crippen LogP contribution in [-0.4, -0.2) is 29.4 Å². The van der Waals surface area contributed by atoms with Gasteiger partial charge in [0.25, 0.3) is 0 Å². The molecule has 1 aliphatic rings. The van der Waals surface area contributed by atoms with Crippen LogP contribution in [0.3, 0.4) is 0 Å². The third-order valence-corrected chi connectivity index (χ3v) is 4.97. The normalized spacial score (nSPS) is 16.5. The van der Waals surface area contributed by atoms with Crippen LogP contribution in [0.1, 0.15) is 36.2 Å². The molecule has 1 aromatic heterocycles. The summed E-state index contributed by atoms with van der Waals surface area (Å²) >= 11 is 0. The highest BCUT2D eigenvalue weighted by Crippen LogP contribution is 2.34. The second-order valence-electron chi connectivity index (χ2n) is 6.95. The number of ether oxygens (including phenoxy) is 2. The second-order valence-corrected chi connectivity index (χ2v) is 6.95. The number of benzene rings is 2. The van der Waals surface area contributed by atoms with E-state index in [2.05, 4.69) is 18.0 Å². The van der Waals surface area contributed by atoms with Gasteiger partial charge in [-0.25, -0.2) is 4.98 Å². The highest BCUT2D eigenvalue weighted by atomic mass is 16.5. The van der Waals surface area contributed by atoms with Crippen LogP contribution in [0.25, 0.3) is 16.6 Å². The first-order chi connectivity index (χ1) is 13.7. The van der Waals surface area contributed by atoms with E-state index >= 15 is 0 Å². The summed E-state index contributed by atoms with van der Waals surface area (Å²) < 4.78 is 11.7. The molecule has 0 saturated heterocycles. The lowest BCUT2D eigenvalue weighted by molar-refractivity contribution is 0.256. The number of nitrogens with one attached hydrogen (secondary N) is 2. The van der Waals surface area contributed by atoms with Gasteiger partial charge in [-0.15, -0.1) is 0 Å². The number of aromatic amines is 1. The van der Waals surface area contributed by atoms with E-state index < -0.39 is 0 Å². The van der Waals surface area contributed by atoms with E-state index in [4.69, 9.17) is 25.6 Å². The predicted molar refractivity (Wildman–Crippen MR) is 111 cm³/mol. The fourth-order valence-corrected chi connectivity index (χ4v) is 3.49. The van der Waals surface area contributed by atoms with Crippen molar-refractivity contribution in [3.8, 4) is 11.5 Å². The Morgan fingerprint density at radius 2 is 2.25 bits per heavy atom. The lowest BCUT2D eigenvalue weighted by Crippen LogP contribution is -2.20. The predicted octanol–water partition coefficient (Wildman–Crippen LogP) is 4.02. The molecule has 0 aliphatic carbocycles. The lowest BCUT2D eigenvalue weighted by Gasteiger charge is -2.24. The van der Waals surface area contributed by atoms with E-state index in [1.165, 1.54) is 12.4 Å². The van der Waals surface area contributed by atoms with Gasteiger partial charge in [0.1, 0.15) is 17.3 Å². The topological polar surface area (TPSA) is 97.0 Å². The van der Waals surface area contributed by atoms with Crippen molar-refractivity contribution < 1.29 is 9.47 Å². The molecule has 0 amide bonds. The van der Waals surface area contributed by atoms with Gasteiger partial charge < -0.3 is 25.6 Å². The van der Waals surface area contributed by atoms with Gasteiger partial charge in [-0.2, -0.15) is 0 Å². The molecule has 0 fully saturated rings. The second kappa shape index (κ2) is 7.76. The van der Waals surface area contributed by atoms with Crippen molar-refractivity contribution in [2.45, 2.75) is 25.7 Å². The summed E-state index contributed by atoms with van der Waals surface area (Å²) in [6.45, 7) is 3.39. The first-order valence-corrected chi connectivity index (χ1v) is 9.52. The highest BCUT2D eigenvalue weighted by Gasteiger charge is 2.24. The van der Waals surface area contributed by atoms with Crippen molar-refractivity contribution in [1.29, 1.82) is 5.41 Å². The first-order valence-electron chi connectivity index (χ1n) is 9.52. The Hall–Kier alpha value is -3.28. The molecule has 2 heterocycles. The lowest BCUT2D eigenvalue weighted by atomic mass is 9.96. The molecule has 6 nitrogen and oxygen atoms in total. The van der Waals surface area contributed by atoms with E-state index in [1.807, 2.05) is 30.3 Å². The number of imidazole rings is 1. The van der Waals surface area contributed by atoms with Gasteiger partial charge in [0.15, 0.2) is 0 Å². The largest absolute Gasteiger partial charge is 0.494 e. The molecule has 0 saturated carbocycles. The van der Waals surface area contributed by atoms with Gasteiger partial charge in [0.2, 0.25) is 0 Å². The number of aromatic nitrogens is 2. The van der Waals surface area contributed by atoms with Crippen LogP contribution in [0.2, 0.25) is 0 Å². The minimum Gasteiger partial charge on any atom is -0.494 e. The molecule has 0 radical (unpaired) electrons. The zero-order valence-corrected chi connectivity index (χ0v) is 15.9. The number of fused-ring (bicyclic) bond motifs is 2. The number of nitrogens with two attached hydrogens (primary N) is 1. The molecule has 1 aliphatic heterocycles. The molecule has 0 spiro atoms. The Kier molecular flexibility index (Phi) is 5.02. The van der Waals surface area contributed by atoms with Gasteiger partial charge in [0, 0.05) is 18.0 Å². The van der Waals surface area contributed by atoms with E-state index in [0.29, 0.717) is 18.8 Å². The summed E-state index contributed by atoms with van der Waals surface area (Å²) in [6, 6.07) is 11.9. The molecule has 144 valence electrons. The summed E-state index contributed by atoms with van der Waals surface area (Å²) in [7, 11) is 0. The number of hydrogen-bond donors (Lipinski definition) is 3. The van der Waals surface area contributed by atoms with Gasteiger partial charge in [-0.1, -0.05) is 13.0 Å². The number of allylic oxidation sites excluding steroid dienone is 1. The number of H-pyrrole nitrogens is 1. The maximum atomic E-state index is 7.47. The molecular formula is C22H24N4O2. The molecule has 4 rings (SSSR count). The smallest absolute Gasteiger partial charge is 0.122 e. The Labute approximate surface area is 163 Å². The summed E-state index contributed by atoms with van der Waals surface area (Å²) in [6.07, 6.45) is 4.52. The van der Waals surface area contributed by atoms with Crippen LogP contribution in [-0.2, 0) is 6.42 Å². The van der Waals surface area contributed by atoms with Crippen molar-refractivity contribution >= 4 is 22.8 Å². The monoisotopic (exact) mass is 376 g/mol. The van der Waals surface area contributed by atoms with Crippen LogP contribution in [0, 0.1) is 5.41 Å². The number of nitrogens with zero attached hydrogens (tertiary/aromatic N) is 1. The Morgan fingerprint density at radius 3 is 3.04 bits per heavy atom. The number of rotatable bonds is 6. The van der Waals surface area contributed by atoms with Crippen LogP contribution in [0.5, 0.6) is 11.5 Å². The van der Waals surface area contributed by atoms with Crippen LogP contribution >= 0.6 is 0 Å². The van der Waals surface area contributed by atoms with Gasteiger partial charge in [-0.3, -0.25) is 0 Å². The molecule has 1 unspecified atom stereocenters. The molecule has 0 bridgehead atoms. The summed E-state index contributed by atoms with van der Waals surface area (Å²) in [5.41, 5.74) is 10.1.